The highest BCUT2D eigenvalue weighted by Crippen LogP contribution is 2.37. The average Bonchev–Trinajstić information content (AvgIpc) is 2.87. The molecule has 7 N–H and O–H groups in total. The zero-order valence-corrected chi connectivity index (χ0v) is 23.7. The molecule has 0 saturated heterocycles. The molecule has 9 nitrogen and oxygen atoms in total. The molecule has 2 aromatic carbocycles. The van der Waals surface area contributed by atoms with Crippen molar-refractivity contribution in [2.45, 2.75) is 38.3 Å². The summed E-state index contributed by atoms with van der Waals surface area (Å²) in [5.41, 5.74) is 9.92. The second-order valence-corrected chi connectivity index (χ2v) is 9.93. The number of rotatable bonds is 6. The Morgan fingerprint density at radius 2 is 1.35 bits per heavy atom. The van der Waals surface area contributed by atoms with Crippen molar-refractivity contribution in [2.24, 2.45) is 10.7 Å². The van der Waals surface area contributed by atoms with Gasteiger partial charge in [0.2, 0.25) is 0 Å². The van der Waals surface area contributed by atoms with E-state index in [2.05, 4.69) is 25.9 Å². The first-order valence-electron chi connectivity index (χ1n) is 12.1. The lowest BCUT2D eigenvalue weighted by atomic mass is 10.0. The number of urea groups is 2. The third-order valence-corrected chi connectivity index (χ3v) is 6.61. The van der Waals surface area contributed by atoms with E-state index in [1.807, 2.05) is 0 Å². The van der Waals surface area contributed by atoms with E-state index in [1.165, 1.54) is 32.0 Å². The van der Waals surface area contributed by atoms with Crippen LogP contribution in [0.1, 0.15) is 53.7 Å². The van der Waals surface area contributed by atoms with Crippen molar-refractivity contribution >= 4 is 52.6 Å². The van der Waals surface area contributed by atoms with Gasteiger partial charge in [-0.05, 0) is 49.2 Å². The van der Waals surface area contributed by atoms with E-state index in [9.17, 15) is 35.9 Å². The highest BCUT2D eigenvalue weighted by atomic mass is 35.5. The van der Waals surface area contributed by atoms with Gasteiger partial charge in [-0.15, -0.1) is 0 Å². The molecule has 230 valence electrons. The first-order chi connectivity index (χ1) is 19.9. The molecule has 0 aliphatic heterocycles. The first-order valence-corrected chi connectivity index (χ1v) is 12.8. The van der Waals surface area contributed by atoms with Crippen LogP contribution >= 0.6 is 23.2 Å². The van der Waals surface area contributed by atoms with Gasteiger partial charge >= 0.3 is 24.4 Å². The van der Waals surface area contributed by atoms with Crippen molar-refractivity contribution in [1.29, 1.82) is 0 Å². The van der Waals surface area contributed by atoms with Gasteiger partial charge in [-0.1, -0.05) is 35.3 Å². The quantitative estimate of drug-likeness (QED) is 0.110. The summed E-state index contributed by atoms with van der Waals surface area (Å²) >= 11 is 11.3. The lowest BCUT2D eigenvalue weighted by Gasteiger charge is -2.17. The summed E-state index contributed by atoms with van der Waals surface area (Å²) in [6.07, 6.45) is -8.27. The van der Waals surface area contributed by atoms with Crippen LogP contribution in [0.15, 0.2) is 53.7 Å². The molecular weight excluding hydrogens is 627 g/mol. The van der Waals surface area contributed by atoms with Gasteiger partial charge in [0.25, 0.3) is 0 Å². The molecule has 1 aromatic heterocycles. The number of nitrogen functional groups attached to an aromatic ring is 1. The van der Waals surface area contributed by atoms with Gasteiger partial charge < -0.3 is 22.1 Å². The van der Waals surface area contributed by atoms with Crippen LogP contribution in [0, 0.1) is 0 Å². The Bertz CT molecular complexity index is 1560. The van der Waals surface area contributed by atoms with Gasteiger partial charge in [-0.3, -0.25) is 5.32 Å². The molecule has 0 aliphatic rings. The summed E-state index contributed by atoms with van der Waals surface area (Å²) in [6, 6.07) is 4.05. The SMILES string of the molecule is C[C@@H](NC(=O)/N=C(/N)c1cnc(NC(=O)N[C@H](C)c2ccc(Cl)c(C(F)(F)F)c2)cc1N)c1ccc(Cl)c(C(F)(F)F)c1. The standard InChI is InChI=1S/C26H23Cl2F6N7O2/c1-11(13-3-5-18(27)16(7-13)25(29,30)31)38-23(42)40-21-9-20(35)15(10-37-21)22(36)41-24(43)39-12(2)14-4-6-19(28)17(8-14)26(32,33)34/h3-12H,1-2H3,(H3,36,39,41,43)(H4,35,37,38,40,42)/t11-,12-/m1/s1. The second kappa shape index (κ2) is 13.0. The molecule has 0 saturated carbocycles. The minimum Gasteiger partial charge on any atom is -0.398 e. The van der Waals surface area contributed by atoms with E-state index < -0.39 is 57.7 Å². The van der Waals surface area contributed by atoms with E-state index in [-0.39, 0.29) is 34.0 Å². The summed E-state index contributed by atoms with van der Waals surface area (Å²) in [5, 5.41) is 6.24. The number of pyridine rings is 1. The summed E-state index contributed by atoms with van der Waals surface area (Å²) in [5.74, 6) is -0.443. The summed E-state index contributed by atoms with van der Waals surface area (Å²) in [6.45, 7) is 2.89. The Hall–Kier alpha value is -4.24. The number of anilines is 2. The van der Waals surface area contributed by atoms with Crippen LogP contribution in [-0.4, -0.2) is 22.9 Å². The van der Waals surface area contributed by atoms with E-state index in [0.717, 1.165) is 30.5 Å². The Balaban J connectivity index is 1.65. The minimum absolute atomic E-state index is 0.00817. The Labute approximate surface area is 250 Å². The van der Waals surface area contributed by atoms with Gasteiger partial charge in [-0.25, -0.2) is 14.6 Å². The van der Waals surface area contributed by atoms with Gasteiger partial charge in [0.05, 0.1) is 38.8 Å². The molecule has 0 radical (unpaired) electrons. The van der Waals surface area contributed by atoms with Gasteiger partial charge in [0, 0.05) is 18.0 Å². The number of nitrogens with one attached hydrogen (secondary N) is 3. The van der Waals surface area contributed by atoms with E-state index in [4.69, 9.17) is 34.7 Å². The molecule has 3 rings (SSSR count). The van der Waals surface area contributed by atoms with Crippen LogP contribution in [0.2, 0.25) is 10.0 Å². The predicted octanol–water partition coefficient (Wildman–Crippen LogP) is 7.07. The zero-order chi connectivity index (χ0) is 32.3. The normalized spacial score (nSPS) is 13.7. The largest absolute Gasteiger partial charge is 0.417 e. The predicted molar refractivity (Wildman–Crippen MR) is 150 cm³/mol. The third kappa shape index (κ3) is 8.64. The zero-order valence-electron chi connectivity index (χ0n) is 22.2. The molecule has 43 heavy (non-hydrogen) atoms. The Kier molecular flexibility index (Phi) is 10.0. The van der Waals surface area contributed by atoms with Gasteiger partial charge in [-0.2, -0.15) is 31.3 Å². The number of halogens is 8. The Morgan fingerprint density at radius 3 is 1.81 bits per heavy atom. The summed E-state index contributed by atoms with van der Waals surface area (Å²) in [7, 11) is 0. The number of nitrogens with two attached hydrogens (primary N) is 2. The maximum absolute atomic E-state index is 13.1. The minimum atomic E-state index is -4.69. The monoisotopic (exact) mass is 649 g/mol. The molecule has 17 heteroatoms. The molecule has 1 heterocycles. The number of hydrogen-bond acceptors (Lipinski definition) is 4. The highest BCUT2D eigenvalue weighted by Gasteiger charge is 2.34. The molecule has 0 aliphatic carbocycles. The fraction of sp³-hybridized carbons (Fsp3) is 0.231. The van der Waals surface area contributed by atoms with Crippen LogP contribution in [0.4, 0.5) is 47.4 Å². The third-order valence-electron chi connectivity index (χ3n) is 5.95. The van der Waals surface area contributed by atoms with Crippen molar-refractivity contribution in [3.8, 4) is 0 Å². The highest BCUT2D eigenvalue weighted by molar-refractivity contribution is 6.31. The molecule has 0 fully saturated rings. The summed E-state index contributed by atoms with van der Waals surface area (Å²) in [4.78, 5) is 32.4. The van der Waals surface area contributed by atoms with Crippen molar-refractivity contribution in [3.63, 3.8) is 0 Å². The van der Waals surface area contributed by atoms with Crippen molar-refractivity contribution in [2.75, 3.05) is 11.1 Å². The second-order valence-electron chi connectivity index (χ2n) is 9.12. The molecule has 0 bridgehead atoms. The molecule has 3 aromatic rings. The first kappa shape index (κ1) is 33.3. The van der Waals surface area contributed by atoms with E-state index in [0.29, 0.717) is 0 Å². The molecule has 4 amide bonds. The fourth-order valence-corrected chi connectivity index (χ4v) is 4.16. The topological polar surface area (TPSA) is 148 Å². The van der Waals surface area contributed by atoms with Crippen molar-refractivity contribution in [1.82, 2.24) is 15.6 Å². The van der Waals surface area contributed by atoms with Gasteiger partial charge in [0.15, 0.2) is 0 Å². The number of amidine groups is 1. The van der Waals surface area contributed by atoms with Crippen molar-refractivity contribution in [3.05, 3.63) is 86.5 Å². The van der Waals surface area contributed by atoms with E-state index >= 15 is 0 Å². The average molecular weight is 650 g/mol. The van der Waals surface area contributed by atoms with E-state index in [1.54, 1.807) is 0 Å². The number of benzene rings is 2. The molecule has 0 unspecified atom stereocenters. The van der Waals surface area contributed by atoms with Gasteiger partial charge in [0.1, 0.15) is 11.7 Å². The van der Waals surface area contributed by atoms with Crippen LogP contribution in [0.25, 0.3) is 0 Å². The lowest BCUT2D eigenvalue weighted by molar-refractivity contribution is -0.138. The van der Waals surface area contributed by atoms with Crippen LogP contribution in [-0.2, 0) is 12.4 Å². The number of hydrogen-bond donors (Lipinski definition) is 5. The summed E-state index contributed by atoms with van der Waals surface area (Å²) < 4.78 is 78.9. The maximum atomic E-state index is 13.1. The number of aliphatic imine (C=N–C) groups is 1. The number of carbonyl (C=O) groups is 2. The number of aromatic nitrogens is 1. The van der Waals surface area contributed by atoms with Crippen molar-refractivity contribution < 1.29 is 35.9 Å². The number of carbonyl (C=O) groups excluding carboxylic acids is 2. The molecular formula is C26H23Cl2F6N7O2. The molecule has 2 atom stereocenters. The number of nitrogens with zero attached hydrogens (tertiary/aromatic N) is 2. The maximum Gasteiger partial charge on any atom is 0.417 e. The molecule has 0 spiro atoms. The lowest BCUT2D eigenvalue weighted by Crippen LogP contribution is -2.31. The Morgan fingerprint density at radius 1 is 0.860 bits per heavy atom. The fourth-order valence-electron chi connectivity index (χ4n) is 3.72. The number of alkyl halides is 6. The van der Waals surface area contributed by atoms with Crippen LogP contribution in [0.3, 0.4) is 0 Å². The van der Waals surface area contributed by atoms with Crippen LogP contribution in [0.5, 0.6) is 0 Å². The smallest absolute Gasteiger partial charge is 0.398 e. The van der Waals surface area contributed by atoms with Crippen LogP contribution < -0.4 is 27.4 Å². The number of amides is 4.